The fourth-order valence-electron chi connectivity index (χ4n) is 3.59. The van der Waals surface area contributed by atoms with Gasteiger partial charge in [-0.05, 0) is 38.9 Å². The summed E-state index contributed by atoms with van der Waals surface area (Å²) in [5.41, 5.74) is 1.63. The van der Waals surface area contributed by atoms with Crippen molar-refractivity contribution in [2.24, 2.45) is 0 Å². The lowest BCUT2D eigenvalue weighted by atomic mass is 10.0. The van der Waals surface area contributed by atoms with Gasteiger partial charge in [-0.1, -0.05) is 0 Å². The van der Waals surface area contributed by atoms with Gasteiger partial charge in [0.2, 0.25) is 0 Å². The summed E-state index contributed by atoms with van der Waals surface area (Å²) in [5.74, 6) is 1.50. The van der Waals surface area contributed by atoms with E-state index in [4.69, 9.17) is 10.1 Å². The average Bonchev–Trinajstić information content (AvgIpc) is 2.83. The van der Waals surface area contributed by atoms with Crippen LogP contribution in [0.3, 0.4) is 0 Å². The van der Waals surface area contributed by atoms with Gasteiger partial charge in [0.25, 0.3) is 0 Å². The predicted octanol–water partition coefficient (Wildman–Crippen LogP) is 2.62. The number of alkyl halides is 2. The number of carbonyl (C=O) groups is 1. The molecule has 0 unspecified atom stereocenters. The van der Waals surface area contributed by atoms with Crippen LogP contribution in [0.1, 0.15) is 41.4 Å². The Bertz CT molecular complexity index is 1060. The molecule has 190 valence electrons. The average molecular weight is 510 g/mol. The zero-order valence-electron chi connectivity index (χ0n) is 19.6. The second-order valence-corrected chi connectivity index (χ2v) is 9.97. The van der Waals surface area contributed by atoms with Crippen LogP contribution in [0.2, 0.25) is 0 Å². The maximum Gasteiger partial charge on any atom is 0.387 e. The van der Waals surface area contributed by atoms with Crippen molar-refractivity contribution in [1.29, 1.82) is 5.41 Å². The first-order chi connectivity index (χ1) is 16.7. The van der Waals surface area contributed by atoms with Crippen LogP contribution in [0.4, 0.5) is 14.5 Å². The summed E-state index contributed by atoms with van der Waals surface area (Å²) >= 11 is 0. The van der Waals surface area contributed by atoms with E-state index >= 15 is 0 Å². The highest BCUT2D eigenvalue weighted by Gasteiger charge is 2.36. The summed E-state index contributed by atoms with van der Waals surface area (Å²) in [4.78, 5) is 19.2. The summed E-state index contributed by atoms with van der Waals surface area (Å²) in [6, 6.07) is 3.04. The van der Waals surface area contributed by atoms with Crippen LogP contribution in [-0.4, -0.2) is 76.1 Å². The van der Waals surface area contributed by atoms with Crippen molar-refractivity contribution in [3.63, 3.8) is 0 Å². The molecule has 2 aliphatic heterocycles. The molecule has 35 heavy (non-hydrogen) atoms. The number of aldehydes is 1. The fraction of sp³-hybridized carbons (Fsp3) is 0.478. The normalized spacial score (nSPS) is 21.9. The molecular weight excluding hydrogens is 480 g/mol. The SMILES string of the molecule is CNC1(C)CS(=O)C1.N=C(c1cncc(OC(F)F)c1)c1ncc(C=O)cc1NC1CCOCC1. The quantitative estimate of drug-likeness (QED) is 0.366. The van der Waals surface area contributed by atoms with Gasteiger partial charge < -0.3 is 20.1 Å². The largest absolute Gasteiger partial charge is 0.433 e. The van der Waals surface area contributed by atoms with Gasteiger partial charge in [-0.15, -0.1) is 0 Å². The fourth-order valence-corrected chi connectivity index (χ4v) is 5.21. The van der Waals surface area contributed by atoms with Gasteiger partial charge in [-0.2, -0.15) is 8.78 Å². The molecular formula is C23H29F2N5O4S. The van der Waals surface area contributed by atoms with Gasteiger partial charge >= 0.3 is 6.61 Å². The van der Waals surface area contributed by atoms with Crippen molar-refractivity contribution in [3.8, 4) is 5.75 Å². The van der Waals surface area contributed by atoms with Gasteiger partial charge in [0.1, 0.15) is 11.4 Å². The molecule has 2 saturated heterocycles. The Kier molecular flexibility index (Phi) is 9.35. The minimum atomic E-state index is -2.98. The van der Waals surface area contributed by atoms with Crippen LogP contribution in [0.25, 0.3) is 0 Å². The number of rotatable bonds is 8. The lowest BCUT2D eigenvalue weighted by Gasteiger charge is -2.36. The predicted molar refractivity (Wildman–Crippen MR) is 129 cm³/mol. The third-order valence-electron chi connectivity index (χ3n) is 5.65. The number of carbonyl (C=O) groups excluding carboxylic acids is 1. The molecule has 12 heteroatoms. The summed E-state index contributed by atoms with van der Waals surface area (Å²) in [7, 11) is 1.39. The maximum atomic E-state index is 12.4. The molecule has 0 spiro atoms. The van der Waals surface area contributed by atoms with Gasteiger partial charge in [0.05, 0.1) is 17.6 Å². The van der Waals surface area contributed by atoms with Gasteiger partial charge in [-0.25, -0.2) is 0 Å². The van der Waals surface area contributed by atoms with E-state index in [2.05, 4.69) is 32.3 Å². The monoisotopic (exact) mass is 509 g/mol. The Labute approximate surface area is 205 Å². The van der Waals surface area contributed by atoms with Crippen LogP contribution in [0.15, 0.2) is 30.7 Å². The molecule has 3 N–H and O–H groups in total. The van der Waals surface area contributed by atoms with Crippen molar-refractivity contribution < 1.29 is 27.3 Å². The van der Waals surface area contributed by atoms with Crippen LogP contribution >= 0.6 is 0 Å². The van der Waals surface area contributed by atoms with E-state index in [1.54, 1.807) is 6.07 Å². The van der Waals surface area contributed by atoms with Gasteiger partial charge in [0, 0.05) is 70.6 Å². The molecule has 2 aromatic rings. The van der Waals surface area contributed by atoms with Crippen molar-refractivity contribution in [1.82, 2.24) is 15.3 Å². The molecule has 2 aliphatic rings. The number of nitrogens with zero attached hydrogens (tertiary/aromatic N) is 2. The van der Waals surface area contributed by atoms with Gasteiger partial charge in [0.15, 0.2) is 6.29 Å². The lowest BCUT2D eigenvalue weighted by Crippen LogP contribution is -2.58. The highest BCUT2D eigenvalue weighted by molar-refractivity contribution is 7.86. The molecule has 2 fully saturated rings. The Balaban J connectivity index is 0.000000363. The van der Waals surface area contributed by atoms with Crippen LogP contribution in [0.5, 0.6) is 5.75 Å². The molecule has 9 nitrogen and oxygen atoms in total. The number of anilines is 1. The van der Waals surface area contributed by atoms with Gasteiger partial charge in [-0.3, -0.25) is 24.4 Å². The van der Waals surface area contributed by atoms with E-state index in [0.29, 0.717) is 36.4 Å². The molecule has 0 atom stereocenters. The third kappa shape index (κ3) is 7.58. The molecule has 0 radical (unpaired) electrons. The summed E-state index contributed by atoms with van der Waals surface area (Å²) < 4.78 is 45.1. The molecule has 0 saturated carbocycles. The van der Waals surface area contributed by atoms with Crippen molar-refractivity contribution in [3.05, 3.63) is 47.5 Å². The van der Waals surface area contributed by atoms with Crippen molar-refractivity contribution in [2.75, 3.05) is 37.1 Å². The smallest absolute Gasteiger partial charge is 0.387 e. The Morgan fingerprint density at radius 2 is 2.00 bits per heavy atom. The number of halogens is 2. The summed E-state index contributed by atoms with van der Waals surface area (Å²) in [6.07, 6.45) is 6.13. The second-order valence-electron chi connectivity index (χ2n) is 8.52. The van der Waals surface area contributed by atoms with E-state index in [0.717, 1.165) is 30.5 Å². The zero-order chi connectivity index (χ0) is 25.4. The highest BCUT2D eigenvalue weighted by Crippen LogP contribution is 2.23. The Morgan fingerprint density at radius 1 is 1.29 bits per heavy atom. The number of nitrogens with one attached hydrogen (secondary N) is 3. The molecule has 4 heterocycles. The lowest BCUT2D eigenvalue weighted by molar-refractivity contribution is -0.0500. The first kappa shape index (κ1) is 26.8. The van der Waals surface area contributed by atoms with Crippen LogP contribution in [-0.2, 0) is 15.5 Å². The first-order valence-electron chi connectivity index (χ1n) is 11.1. The zero-order valence-corrected chi connectivity index (χ0v) is 20.4. The number of aromatic nitrogens is 2. The maximum absolute atomic E-state index is 12.4. The Morgan fingerprint density at radius 3 is 2.57 bits per heavy atom. The molecule has 2 aromatic heterocycles. The summed E-state index contributed by atoms with van der Waals surface area (Å²) in [5, 5.41) is 14.9. The van der Waals surface area contributed by atoms with Crippen molar-refractivity contribution >= 4 is 28.5 Å². The standard InChI is InChI=1S/C18H18F2N4O3.C5H11NOS/c19-18(20)27-14-6-12(8-22-9-14)16(21)17-15(5-11(10-25)7-23-17)24-13-1-3-26-4-2-13;1-5(6-2)3-8(7)4-5/h5-10,13,18,21,24H,1-4H2;6H,3-4H2,1-2H3. The number of pyridine rings is 2. The van der Waals surface area contributed by atoms with Crippen LogP contribution in [0, 0.1) is 5.41 Å². The number of ether oxygens (including phenoxy) is 2. The van der Waals surface area contributed by atoms with Crippen LogP contribution < -0.4 is 15.4 Å². The topological polar surface area (TPSA) is 126 Å². The van der Waals surface area contributed by atoms with E-state index < -0.39 is 17.4 Å². The number of hydrogen-bond acceptors (Lipinski definition) is 9. The summed E-state index contributed by atoms with van der Waals surface area (Å²) in [6.45, 7) is 0.366. The number of hydrogen-bond donors (Lipinski definition) is 3. The first-order valence-corrected chi connectivity index (χ1v) is 12.5. The van der Waals surface area contributed by atoms with Crippen molar-refractivity contribution in [2.45, 2.75) is 38.0 Å². The minimum Gasteiger partial charge on any atom is -0.433 e. The minimum absolute atomic E-state index is 0.0192. The van der Waals surface area contributed by atoms with E-state index in [-0.39, 0.29) is 28.6 Å². The molecule has 0 aliphatic carbocycles. The van der Waals surface area contributed by atoms with E-state index in [9.17, 15) is 17.8 Å². The molecule has 0 aromatic carbocycles. The Hall–Kier alpha value is -2.83. The van der Waals surface area contributed by atoms with E-state index in [1.165, 1.54) is 18.5 Å². The molecule has 0 bridgehead atoms. The third-order valence-corrected chi connectivity index (χ3v) is 7.57. The molecule has 0 amide bonds. The van der Waals surface area contributed by atoms with E-state index in [1.807, 2.05) is 7.05 Å². The molecule has 4 rings (SSSR count). The highest BCUT2D eigenvalue weighted by atomic mass is 32.2. The second kappa shape index (κ2) is 12.2.